The van der Waals surface area contributed by atoms with E-state index in [-0.39, 0.29) is 5.78 Å². The van der Waals surface area contributed by atoms with Crippen molar-refractivity contribution in [3.8, 4) is 11.5 Å². The molecule has 0 aromatic heterocycles. The average molecular weight is 572 g/mol. The number of hydrogen-bond acceptors (Lipinski definition) is 8. The summed E-state index contributed by atoms with van der Waals surface area (Å²) in [5, 5.41) is 35.5. The third kappa shape index (κ3) is 12.2. The Hall–Kier alpha value is -4.22. The number of piperidine rings is 1. The molecule has 11 heteroatoms. The number of nitrogens with one attached hydrogen (secondary N) is 1. The number of ketones is 1. The van der Waals surface area contributed by atoms with Crippen LogP contribution in [-0.4, -0.2) is 70.9 Å². The largest absolute Gasteiger partial charge is 0.547 e. The number of ether oxygens (including phenoxy) is 2. The highest BCUT2D eigenvalue weighted by atomic mass is 16.5. The molecular weight excluding hydrogens is 534 g/mol. The van der Waals surface area contributed by atoms with E-state index >= 15 is 0 Å². The molecule has 222 valence electrons. The van der Waals surface area contributed by atoms with E-state index in [1.54, 1.807) is 11.0 Å². The number of carbonyl (C=O) groups is 4. The van der Waals surface area contributed by atoms with E-state index in [9.17, 15) is 24.3 Å². The van der Waals surface area contributed by atoms with Gasteiger partial charge in [-0.15, -0.1) is 0 Å². The van der Waals surface area contributed by atoms with E-state index in [1.807, 2.05) is 54.6 Å². The number of aliphatic hydroxyl groups is 1. The van der Waals surface area contributed by atoms with Crippen molar-refractivity contribution in [3.05, 3.63) is 65.9 Å². The minimum atomic E-state index is -2.85. The van der Waals surface area contributed by atoms with Gasteiger partial charge in [0.25, 0.3) is 0 Å². The van der Waals surface area contributed by atoms with E-state index in [2.05, 4.69) is 0 Å². The van der Waals surface area contributed by atoms with Crippen LogP contribution < -0.4 is 19.5 Å². The number of quaternary nitrogens is 1. The van der Waals surface area contributed by atoms with Crippen LogP contribution in [0.1, 0.15) is 51.0 Å². The van der Waals surface area contributed by atoms with E-state index in [1.165, 1.54) is 39.3 Å². The zero-order chi connectivity index (χ0) is 30.3. The van der Waals surface area contributed by atoms with Crippen molar-refractivity contribution < 1.29 is 54.0 Å². The van der Waals surface area contributed by atoms with Crippen LogP contribution in [0.15, 0.2) is 60.4 Å². The maximum absolute atomic E-state index is 12.1. The fraction of sp³-hybridized carbons (Fsp3) is 0.400. The highest BCUT2D eigenvalue weighted by Crippen LogP contribution is 2.29. The SMILES string of the molecule is CC(=O)/C(=C/c1ccccc1)Oc1ccccc1OCCC[NH+]1CCCCC1.O=C(O)CC(O)(CC(=O)O)C(=O)[O-]. The van der Waals surface area contributed by atoms with Crippen LogP contribution in [0, 0.1) is 0 Å². The Morgan fingerprint density at radius 1 is 0.902 bits per heavy atom. The number of benzene rings is 2. The monoisotopic (exact) mass is 571 g/mol. The van der Waals surface area contributed by atoms with Crippen molar-refractivity contribution in [2.45, 2.75) is 51.0 Å². The Labute approximate surface area is 238 Å². The summed E-state index contributed by atoms with van der Waals surface area (Å²) in [6.07, 6.45) is 4.42. The average Bonchev–Trinajstić information content (AvgIpc) is 2.92. The number of Topliss-reactive ketones (excluding diaryl/α,β-unsaturated/α-hetero) is 1. The molecule has 1 fully saturated rings. The van der Waals surface area contributed by atoms with Gasteiger partial charge in [0.1, 0.15) is 5.60 Å². The van der Waals surface area contributed by atoms with Crippen LogP contribution in [0.3, 0.4) is 0 Å². The number of rotatable bonds is 14. The second kappa shape index (κ2) is 16.8. The molecule has 11 nitrogen and oxygen atoms in total. The van der Waals surface area contributed by atoms with Crippen molar-refractivity contribution in [2.75, 3.05) is 26.2 Å². The van der Waals surface area contributed by atoms with Crippen molar-refractivity contribution in [3.63, 3.8) is 0 Å². The first-order valence-electron chi connectivity index (χ1n) is 13.4. The molecule has 0 radical (unpaired) electrons. The fourth-order valence-electron chi connectivity index (χ4n) is 4.19. The van der Waals surface area contributed by atoms with Gasteiger partial charge in [-0.1, -0.05) is 42.5 Å². The molecule has 0 spiro atoms. The highest BCUT2D eigenvalue weighted by molar-refractivity contribution is 5.96. The van der Waals surface area contributed by atoms with Gasteiger partial charge < -0.3 is 39.6 Å². The topological polar surface area (TPSA) is 175 Å². The summed E-state index contributed by atoms with van der Waals surface area (Å²) in [6, 6.07) is 17.2. The predicted octanol–water partition coefficient (Wildman–Crippen LogP) is 0.950. The Bertz CT molecular complexity index is 1170. The lowest BCUT2D eigenvalue weighted by molar-refractivity contribution is -0.905. The molecular formula is C30H37NO10. The Morgan fingerprint density at radius 3 is 2.00 bits per heavy atom. The van der Waals surface area contributed by atoms with Gasteiger partial charge in [0.05, 0.1) is 45.1 Å². The lowest BCUT2D eigenvalue weighted by atomic mass is 9.96. The van der Waals surface area contributed by atoms with Gasteiger partial charge in [-0.05, 0) is 43.0 Å². The van der Waals surface area contributed by atoms with Crippen LogP contribution in [-0.2, 0) is 19.2 Å². The molecule has 0 bridgehead atoms. The zero-order valence-electron chi connectivity index (χ0n) is 23.0. The van der Waals surface area contributed by atoms with Crippen LogP contribution in [0.25, 0.3) is 6.08 Å². The van der Waals surface area contributed by atoms with Gasteiger partial charge in [0.15, 0.2) is 23.0 Å². The van der Waals surface area contributed by atoms with Crippen LogP contribution in [0.4, 0.5) is 0 Å². The fourth-order valence-corrected chi connectivity index (χ4v) is 4.19. The number of aliphatic carboxylic acids is 3. The molecule has 2 aromatic rings. The standard InChI is InChI=1S/C24H29NO3.C6H8O7/c1-20(26)24(19-21-11-4-2-5-12-21)28-23-14-7-6-13-22(23)27-18-10-17-25-15-8-3-9-16-25;7-3(8)1-6(13,5(11)12)2-4(9)10/h2,4-7,11-14,19H,3,8-10,15-18H2,1H3;13H,1-2H2,(H,7,8)(H,9,10)(H,11,12)/b24-19-;. The maximum Gasteiger partial charge on any atom is 0.306 e. The predicted molar refractivity (Wildman–Crippen MR) is 146 cm³/mol. The Kier molecular flexibility index (Phi) is 13.5. The van der Waals surface area contributed by atoms with Gasteiger partial charge in [-0.2, -0.15) is 0 Å². The number of hydrogen-bond donors (Lipinski definition) is 4. The number of likely N-dealkylation sites (tertiary alicyclic amines) is 1. The molecule has 1 saturated heterocycles. The highest BCUT2D eigenvalue weighted by Gasteiger charge is 2.34. The number of para-hydroxylation sites is 2. The number of allylic oxidation sites excluding steroid dienone is 1. The molecule has 41 heavy (non-hydrogen) atoms. The first-order chi connectivity index (χ1) is 19.5. The summed E-state index contributed by atoms with van der Waals surface area (Å²) in [5.74, 6) is -3.91. The summed E-state index contributed by atoms with van der Waals surface area (Å²) in [5.41, 5.74) is -1.92. The van der Waals surface area contributed by atoms with Gasteiger partial charge in [-0.25, -0.2) is 0 Å². The number of carbonyl (C=O) groups excluding carboxylic acids is 2. The van der Waals surface area contributed by atoms with Gasteiger partial charge in [0.2, 0.25) is 0 Å². The third-order valence-corrected chi connectivity index (χ3v) is 6.27. The molecule has 1 aliphatic heterocycles. The second-order valence-electron chi connectivity index (χ2n) is 9.75. The molecule has 0 unspecified atom stereocenters. The Morgan fingerprint density at radius 2 is 1.46 bits per heavy atom. The summed E-state index contributed by atoms with van der Waals surface area (Å²) >= 11 is 0. The summed E-state index contributed by atoms with van der Waals surface area (Å²) in [6.45, 7) is 5.88. The molecule has 0 saturated carbocycles. The van der Waals surface area contributed by atoms with Gasteiger partial charge in [-0.3, -0.25) is 14.4 Å². The molecule has 4 N–H and O–H groups in total. The van der Waals surface area contributed by atoms with Crippen LogP contribution in [0.5, 0.6) is 11.5 Å². The smallest absolute Gasteiger partial charge is 0.306 e. The summed E-state index contributed by atoms with van der Waals surface area (Å²) < 4.78 is 11.9. The number of carboxylic acids is 3. The molecule has 2 aromatic carbocycles. The molecule has 0 aliphatic carbocycles. The van der Waals surface area contributed by atoms with E-state index < -0.39 is 36.4 Å². The first-order valence-corrected chi connectivity index (χ1v) is 13.4. The minimum absolute atomic E-state index is 0.118. The third-order valence-electron chi connectivity index (χ3n) is 6.27. The molecule has 1 heterocycles. The van der Waals surface area contributed by atoms with E-state index in [0.717, 1.165) is 18.5 Å². The van der Waals surface area contributed by atoms with Crippen molar-refractivity contribution >= 4 is 29.8 Å². The molecule has 0 atom stereocenters. The normalized spacial score (nSPS) is 13.9. The van der Waals surface area contributed by atoms with E-state index in [4.69, 9.17) is 24.8 Å². The summed E-state index contributed by atoms with van der Waals surface area (Å²) in [4.78, 5) is 44.1. The van der Waals surface area contributed by atoms with Crippen molar-refractivity contribution in [2.24, 2.45) is 0 Å². The first kappa shape index (κ1) is 33.0. The lowest BCUT2D eigenvalue weighted by Crippen LogP contribution is -3.12. The molecule has 3 rings (SSSR count). The van der Waals surface area contributed by atoms with Crippen molar-refractivity contribution in [1.29, 1.82) is 0 Å². The van der Waals surface area contributed by atoms with Crippen molar-refractivity contribution in [1.82, 2.24) is 0 Å². The zero-order valence-corrected chi connectivity index (χ0v) is 23.0. The summed E-state index contributed by atoms with van der Waals surface area (Å²) in [7, 11) is 0. The number of carboxylic acid groups (broad SMARTS) is 3. The van der Waals surface area contributed by atoms with Gasteiger partial charge in [0, 0.05) is 13.3 Å². The van der Waals surface area contributed by atoms with Crippen LogP contribution >= 0.6 is 0 Å². The van der Waals surface area contributed by atoms with E-state index in [0.29, 0.717) is 23.9 Å². The minimum Gasteiger partial charge on any atom is -0.547 e. The quantitative estimate of drug-likeness (QED) is 0.145. The lowest BCUT2D eigenvalue weighted by Gasteiger charge is -2.25. The van der Waals surface area contributed by atoms with Gasteiger partial charge >= 0.3 is 11.9 Å². The maximum atomic E-state index is 12.1. The molecule has 0 amide bonds. The molecule has 1 aliphatic rings. The Balaban J connectivity index is 0.000000383. The second-order valence-corrected chi connectivity index (χ2v) is 9.75. The van der Waals surface area contributed by atoms with Crippen LogP contribution in [0.2, 0.25) is 0 Å².